The molecular weight excluding hydrogens is 183 g/mol. The van der Waals surface area contributed by atoms with Crippen molar-refractivity contribution in [1.82, 2.24) is 10.3 Å². The summed E-state index contributed by atoms with van der Waals surface area (Å²) in [6.07, 6.45) is 6.66. The number of halogens is 1. The average Bonchev–Trinajstić information content (AvgIpc) is 2.19. The lowest BCUT2D eigenvalue weighted by molar-refractivity contribution is 0.0954. The number of aromatic nitrogens is 1. The minimum Gasteiger partial charge on any atom is -0.351 e. The molecule has 0 saturated heterocycles. The smallest absolute Gasteiger partial charge is 0.252 e. The van der Waals surface area contributed by atoms with Crippen LogP contribution in [0.5, 0.6) is 0 Å². The second-order valence-corrected chi connectivity index (χ2v) is 2.58. The molecular formula is C10H9FN2O. The van der Waals surface area contributed by atoms with Crippen LogP contribution in [0.15, 0.2) is 18.3 Å². The highest BCUT2D eigenvalue weighted by atomic mass is 19.1. The van der Waals surface area contributed by atoms with Crippen LogP contribution < -0.4 is 5.32 Å². The molecule has 1 aromatic heterocycles. The van der Waals surface area contributed by atoms with Crippen LogP contribution in [0.2, 0.25) is 0 Å². The van der Waals surface area contributed by atoms with E-state index < -0.39 is 5.95 Å². The molecule has 1 N–H and O–H groups in total. The fraction of sp³-hybridized carbons (Fsp3) is 0.200. The van der Waals surface area contributed by atoms with Crippen molar-refractivity contribution >= 4 is 5.91 Å². The Labute approximate surface area is 81.4 Å². The van der Waals surface area contributed by atoms with E-state index in [2.05, 4.69) is 16.2 Å². The normalized spacial score (nSPS) is 9.14. The van der Waals surface area contributed by atoms with E-state index in [4.69, 9.17) is 6.42 Å². The van der Waals surface area contributed by atoms with E-state index in [-0.39, 0.29) is 5.91 Å². The lowest BCUT2D eigenvalue weighted by Gasteiger charge is -2.01. The Morgan fingerprint density at radius 3 is 3.00 bits per heavy atom. The van der Waals surface area contributed by atoms with Crippen molar-refractivity contribution in [3.05, 3.63) is 29.8 Å². The van der Waals surface area contributed by atoms with Gasteiger partial charge in [-0.05, 0) is 12.1 Å². The van der Waals surface area contributed by atoms with Gasteiger partial charge in [0, 0.05) is 19.2 Å². The molecule has 0 aliphatic heterocycles. The minimum atomic E-state index is -0.606. The van der Waals surface area contributed by atoms with E-state index in [0.717, 1.165) is 6.07 Å². The molecule has 14 heavy (non-hydrogen) atoms. The summed E-state index contributed by atoms with van der Waals surface area (Å²) in [5.74, 6) is 1.49. The Hall–Kier alpha value is -1.89. The molecule has 1 amide bonds. The van der Waals surface area contributed by atoms with Gasteiger partial charge in [-0.1, -0.05) is 0 Å². The number of nitrogens with one attached hydrogen (secondary N) is 1. The highest BCUT2D eigenvalue weighted by Gasteiger charge is 2.04. The molecule has 72 valence electrons. The first-order valence-corrected chi connectivity index (χ1v) is 4.07. The maximum Gasteiger partial charge on any atom is 0.252 e. The molecule has 0 unspecified atom stereocenters. The molecule has 0 fully saturated rings. The van der Waals surface area contributed by atoms with Crippen molar-refractivity contribution in [2.75, 3.05) is 6.54 Å². The Morgan fingerprint density at radius 1 is 1.64 bits per heavy atom. The summed E-state index contributed by atoms with van der Waals surface area (Å²) in [6, 6.07) is 2.50. The minimum absolute atomic E-state index is 0.298. The molecule has 3 nitrogen and oxygen atoms in total. The fourth-order valence-corrected chi connectivity index (χ4v) is 0.860. The second-order valence-electron chi connectivity index (χ2n) is 2.58. The highest BCUT2D eigenvalue weighted by Crippen LogP contribution is 1.98. The number of rotatable bonds is 3. The summed E-state index contributed by atoms with van der Waals surface area (Å²) >= 11 is 0. The first kappa shape index (κ1) is 10.2. The van der Waals surface area contributed by atoms with Gasteiger partial charge in [0.05, 0.1) is 5.56 Å². The van der Waals surface area contributed by atoms with Crippen molar-refractivity contribution < 1.29 is 9.18 Å². The van der Waals surface area contributed by atoms with Crippen LogP contribution in [-0.2, 0) is 0 Å². The second kappa shape index (κ2) is 4.97. The number of carbonyl (C=O) groups excluding carboxylic acids is 1. The fourth-order valence-electron chi connectivity index (χ4n) is 0.860. The SMILES string of the molecule is C#CCCNC(=O)c1ccc(F)nc1. The van der Waals surface area contributed by atoms with Gasteiger partial charge < -0.3 is 5.32 Å². The molecule has 0 aliphatic rings. The van der Waals surface area contributed by atoms with Crippen LogP contribution in [0.3, 0.4) is 0 Å². The van der Waals surface area contributed by atoms with Crippen LogP contribution in [0.4, 0.5) is 4.39 Å². The number of pyridine rings is 1. The monoisotopic (exact) mass is 192 g/mol. The van der Waals surface area contributed by atoms with E-state index >= 15 is 0 Å². The summed E-state index contributed by atoms with van der Waals surface area (Å²) in [7, 11) is 0. The largest absolute Gasteiger partial charge is 0.351 e. The van der Waals surface area contributed by atoms with E-state index in [1.54, 1.807) is 0 Å². The summed E-state index contributed by atoms with van der Waals surface area (Å²) in [4.78, 5) is 14.6. The van der Waals surface area contributed by atoms with Crippen molar-refractivity contribution in [2.24, 2.45) is 0 Å². The molecule has 1 rings (SSSR count). The Bertz CT molecular complexity index is 353. The quantitative estimate of drug-likeness (QED) is 0.440. The maximum atomic E-state index is 12.4. The molecule has 0 aliphatic carbocycles. The molecule has 1 heterocycles. The molecule has 0 radical (unpaired) electrons. The zero-order chi connectivity index (χ0) is 10.4. The zero-order valence-corrected chi connectivity index (χ0v) is 7.46. The molecule has 4 heteroatoms. The van der Waals surface area contributed by atoms with Gasteiger partial charge in [-0.25, -0.2) is 4.98 Å². The van der Waals surface area contributed by atoms with E-state index in [1.807, 2.05) is 0 Å². The molecule has 1 aromatic rings. The van der Waals surface area contributed by atoms with Crippen molar-refractivity contribution in [3.63, 3.8) is 0 Å². The van der Waals surface area contributed by atoms with Crippen LogP contribution in [0.1, 0.15) is 16.8 Å². The number of nitrogens with zero attached hydrogens (tertiary/aromatic N) is 1. The van der Waals surface area contributed by atoms with E-state index in [1.165, 1.54) is 12.3 Å². The van der Waals surface area contributed by atoms with Crippen molar-refractivity contribution in [2.45, 2.75) is 6.42 Å². The van der Waals surface area contributed by atoms with Crippen molar-refractivity contribution in [1.29, 1.82) is 0 Å². The summed E-state index contributed by atoms with van der Waals surface area (Å²) < 4.78 is 12.4. The van der Waals surface area contributed by atoms with Gasteiger partial charge in [0.2, 0.25) is 5.95 Å². The van der Waals surface area contributed by atoms with Gasteiger partial charge in [0.15, 0.2) is 0 Å². The Balaban J connectivity index is 2.53. The van der Waals surface area contributed by atoms with Gasteiger partial charge in [0.25, 0.3) is 5.91 Å². The van der Waals surface area contributed by atoms with Crippen molar-refractivity contribution in [3.8, 4) is 12.3 Å². The van der Waals surface area contributed by atoms with Gasteiger partial charge in [-0.15, -0.1) is 12.3 Å². The predicted octanol–water partition coefficient (Wildman–Crippen LogP) is 0.974. The van der Waals surface area contributed by atoms with Gasteiger partial charge >= 0.3 is 0 Å². The number of hydrogen-bond donors (Lipinski definition) is 1. The van der Waals surface area contributed by atoms with E-state index in [9.17, 15) is 9.18 Å². The first-order valence-electron chi connectivity index (χ1n) is 4.07. The summed E-state index contributed by atoms with van der Waals surface area (Å²) in [5.41, 5.74) is 0.323. The van der Waals surface area contributed by atoms with Crippen LogP contribution in [0.25, 0.3) is 0 Å². The van der Waals surface area contributed by atoms with Gasteiger partial charge in [-0.2, -0.15) is 4.39 Å². The molecule has 0 atom stereocenters. The number of carbonyl (C=O) groups is 1. The third kappa shape index (κ3) is 2.87. The third-order valence-electron chi connectivity index (χ3n) is 1.54. The standard InChI is InChI=1S/C10H9FN2O/c1-2-3-6-12-10(14)8-4-5-9(11)13-7-8/h1,4-5,7H,3,6H2,(H,12,14). The highest BCUT2D eigenvalue weighted by molar-refractivity contribution is 5.93. The van der Waals surface area contributed by atoms with E-state index in [0.29, 0.717) is 18.5 Å². The first-order chi connectivity index (χ1) is 6.74. The molecule has 0 spiro atoms. The third-order valence-corrected chi connectivity index (χ3v) is 1.54. The lowest BCUT2D eigenvalue weighted by Crippen LogP contribution is -2.24. The van der Waals surface area contributed by atoms with Gasteiger partial charge in [0.1, 0.15) is 0 Å². The number of terminal acetylenes is 1. The molecule has 0 saturated carbocycles. The van der Waals surface area contributed by atoms with Crippen LogP contribution >= 0.6 is 0 Å². The zero-order valence-electron chi connectivity index (χ0n) is 7.46. The molecule has 0 bridgehead atoms. The average molecular weight is 192 g/mol. The van der Waals surface area contributed by atoms with Gasteiger partial charge in [-0.3, -0.25) is 4.79 Å². The van der Waals surface area contributed by atoms with Crippen LogP contribution in [0, 0.1) is 18.3 Å². The number of amides is 1. The summed E-state index contributed by atoms with van der Waals surface area (Å²) in [6.45, 7) is 0.409. The Kier molecular flexibility index (Phi) is 3.62. The lowest BCUT2D eigenvalue weighted by atomic mass is 10.2. The number of hydrogen-bond acceptors (Lipinski definition) is 2. The topological polar surface area (TPSA) is 42.0 Å². The summed E-state index contributed by atoms with van der Waals surface area (Å²) in [5, 5.41) is 2.58. The molecule has 0 aromatic carbocycles. The Morgan fingerprint density at radius 2 is 2.43 bits per heavy atom. The van der Waals surface area contributed by atoms with Crippen LogP contribution in [-0.4, -0.2) is 17.4 Å². The maximum absolute atomic E-state index is 12.4. The predicted molar refractivity (Wildman–Crippen MR) is 50.0 cm³/mol.